The van der Waals surface area contributed by atoms with Crippen molar-refractivity contribution in [3.8, 4) is 0 Å². The number of aromatic amines is 1. The van der Waals surface area contributed by atoms with Gasteiger partial charge < -0.3 is 10.1 Å². The van der Waals surface area contributed by atoms with Gasteiger partial charge in [-0.25, -0.2) is 4.98 Å². The number of aromatic nitrogens is 3. The van der Waals surface area contributed by atoms with Crippen LogP contribution in [0.4, 0.5) is 0 Å². The van der Waals surface area contributed by atoms with E-state index in [-0.39, 0.29) is 6.42 Å². The monoisotopic (exact) mass is 263 g/mol. The Morgan fingerprint density at radius 2 is 2.33 bits per heavy atom. The molecule has 0 atom stereocenters. The molecule has 1 aromatic carbocycles. The predicted molar refractivity (Wildman–Crippen MR) is 68.0 cm³/mol. The number of nitrogens with one attached hydrogen (secondary N) is 1. The lowest BCUT2D eigenvalue weighted by Crippen LogP contribution is -1.97. The zero-order chi connectivity index (χ0) is 12.7. The molecule has 0 aliphatic rings. The molecule has 0 saturated carbocycles. The second-order valence-electron chi connectivity index (χ2n) is 4.11. The summed E-state index contributed by atoms with van der Waals surface area (Å²) in [4.78, 5) is 18.0. The van der Waals surface area contributed by atoms with Crippen LogP contribution in [0.15, 0.2) is 24.4 Å². The normalized spacial score (nSPS) is 11.4. The number of hydrogen-bond acceptors (Lipinski definition) is 2. The molecular weight excluding hydrogens is 254 g/mol. The third kappa shape index (κ3) is 1.82. The third-order valence-corrected chi connectivity index (χ3v) is 3.05. The van der Waals surface area contributed by atoms with Crippen LogP contribution in [0.5, 0.6) is 0 Å². The molecule has 0 unspecified atom stereocenters. The molecular formula is C12H10ClN3O2. The summed E-state index contributed by atoms with van der Waals surface area (Å²) in [6.45, 7) is 0. The van der Waals surface area contributed by atoms with Crippen molar-refractivity contribution in [2.75, 3.05) is 0 Å². The van der Waals surface area contributed by atoms with Crippen molar-refractivity contribution >= 4 is 34.4 Å². The fourth-order valence-electron chi connectivity index (χ4n) is 1.99. The number of imidazole rings is 2. The van der Waals surface area contributed by atoms with Gasteiger partial charge in [-0.15, -0.1) is 0 Å². The van der Waals surface area contributed by atoms with Gasteiger partial charge in [-0.3, -0.25) is 9.20 Å². The van der Waals surface area contributed by atoms with Crippen molar-refractivity contribution in [3.63, 3.8) is 0 Å². The number of H-pyrrole nitrogens is 1. The minimum Gasteiger partial charge on any atom is -0.481 e. The molecule has 0 spiro atoms. The molecule has 0 fully saturated rings. The first-order valence-corrected chi connectivity index (χ1v) is 5.88. The lowest BCUT2D eigenvalue weighted by atomic mass is 10.2. The Labute approximate surface area is 107 Å². The van der Waals surface area contributed by atoms with E-state index < -0.39 is 5.97 Å². The van der Waals surface area contributed by atoms with Crippen LogP contribution in [0.2, 0.25) is 5.02 Å². The first-order valence-electron chi connectivity index (χ1n) is 5.50. The molecule has 2 N–H and O–H groups in total. The van der Waals surface area contributed by atoms with Crippen LogP contribution in [0, 0.1) is 0 Å². The molecule has 0 radical (unpaired) electrons. The molecule has 0 saturated heterocycles. The van der Waals surface area contributed by atoms with Gasteiger partial charge >= 0.3 is 5.97 Å². The van der Waals surface area contributed by atoms with E-state index in [1.807, 2.05) is 22.7 Å². The lowest BCUT2D eigenvalue weighted by molar-refractivity contribution is -0.136. The van der Waals surface area contributed by atoms with Gasteiger partial charge in [-0.05, 0) is 24.6 Å². The standard InChI is InChI=1S/C12H10ClN3O2/c13-7-1-3-9-10(5-7)16-6-8(2-4-11(17)18)14-12(16)15-9/h1,3,5-6H,2,4H2,(H,14,15)(H,17,18). The minimum atomic E-state index is -0.810. The predicted octanol–water partition coefficient (Wildman–Crippen LogP) is 2.49. The van der Waals surface area contributed by atoms with Gasteiger partial charge in [0.2, 0.25) is 5.78 Å². The number of carbonyl (C=O) groups is 1. The first kappa shape index (κ1) is 11.1. The highest BCUT2D eigenvalue weighted by atomic mass is 35.5. The molecule has 0 amide bonds. The Bertz CT molecular complexity index is 744. The molecule has 0 aliphatic carbocycles. The molecule has 2 aromatic heterocycles. The van der Waals surface area contributed by atoms with Crippen LogP contribution >= 0.6 is 11.6 Å². The summed E-state index contributed by atoms with van der Waals surface area (Å²) in [6, 6.07) is 5.49. The van der Waals surface area contributed by atoms with Crippen LogP contribution in [-0.2, 0) is 11.2 Å². The molecule has 92 valence electrons. The number of aliphatic carboxylic acids is 1. The zero-order valence-corrected chi connectivity index (χ0v) is 10.1. The topological polar surface area (TPSA) is 70.4 Å². The summed E-state index contributed by atoms with van der Waals surface area (Å²) in [5.74, 6) is -0.109. The van der Waals surface area contributed by atoms with Gasteiger partial charge in [-0.2, -0.15) is 0 Å². The van der Waals surface area contributed by atoms with Crippen molar-refractivity contribution in [1.29, 1.82) is 0 Å². The number of fused-ring (bicyclic) bond motifs is 3. The Hall–Kier alpha value is -2.01. The highest BCUT2D eigenvalue weighted by Crippen LogP contribution is 2.21. The van der Waals surface area contributed by atoms with E-state index in [0.717, 1.165) is 16.7 Å². The molecule has 0 bridgehead atoms. The average Bonchev–Trinajstić information content (AvgIpc) is 2.84. The SMILES string of the molecule is O=C(O)CCc1cn2c(nc3ccc(Cl)cc32)[nH]1. The number of aryl methyl sites for hydroxylation is 1. The number of nitrogens with zero attached hydrogens (tertiary/aromatic N) is 2. The fourth-order valence-corrected chi connectivity index (χ4v) is 2.15. The Balaban J connectivity index is 2.07. The van der Waals surface area contributed by atoms with Gasteiger partial charge in [-0.1, -0.05) is 11.6 Å². The summed E-state index contributed by atoms with van der Waals surface area (Å²) in [7, 11) is 0. The number of rotatable bonds is 3. The van der Waals surface area contributed by atoms with Crippen LogP contribution in [-0.4, -0.2) is 25.4 Å². The highest BCUT2D eigenvalue weighted by molar-refractivity contribution is 6.31. The second kappa shape index (κ2) is 4.03. The summed E-state index contributed by atoms with van der Waals surface area (Å²) in [5.41, 5.74) is 2.62. The number of hydrogen-bond donors (Lipinski definition) is 2. The number of carboxylic acid groups (broad SMARTS) is 1. The van der Waals surface area contributed by atoms with E-state index in [1.54, 1.807) is 6.07 Å². The second-order valence-corrected chi connectivity index (χ2v) is 4.55. The summed E-state index contributed by atoms with van der Waals surface area (Å²) >= 11 is 5.96. The largest absolute Gasteiger partial charge is 0.481 e. The summed E-state index contributed by atoms with van der Waals surface area (Å²) in [6.07, 6.45) is 2.42. The average molecular weight is 264 g/mol. The number of benzene rings is 1. The minimum absolute atomic E-state index is 0.0996. The van der Waals surface area contributed by atoms with E-state index in [2.05, 4.69) is 9.97 Å². The van der Waals surface area contributed by atoms with E-state index in [4.69, 9.17) is 16.7 Å². The van der Waals surface area contributed by atoms with E-state index in [9.17, 15) is 4.79 Å². The molecule has 5 nitrogen and oxygen atoms in total. The van der Waals surface area contributed by atoms with Gasteiger partial charge in [0.15, 0.2) is 0 Å². The Kier molecular flexibility index (Phi) is 2.48. The molecule has 0 aliphatic heterocycles. The maximum atomic E-state index is 10.5. The van der Waals surface area contributed by atoms with Crippen LogP contribution in [0.25, 0.3) is 16.8 Å². The Morgan fingerprint density at radius 3 is 3.11 bits per heavy atom. The van der Waals surface area contributed by atoms with Crippen molar-refractivity contribution in [1.82, 2.24) is 14.4 Å². The number of carboxylic acids is 1. The molecule has 2 heterocycles. The van der Waals surface area contributed by atoms with Crippen molar-refractivity contribution in [2.24, 2.45) is 0 Å². The fraction of sp³-hybridized carbons (Fsp3) is 0.167. The first-order chi connectivity index (χ1) is 8.63. The quantitative estimate of drug-likeness (QED) is 0.763. The van der Waals surface area contributed by atoms with E-state index in [0.29, 0.717) is 17.2 Å². The van der Waals surface area contributed by atoms with E-state index in [1.165, 1.54) is 0 Å². The number of halogens is 1. The van der Waals surface area contributed by atoms with Gasteiger partial charge in [0.05, 0.1) is 17.5 Å². The van der Waals surface area contributed by atoms with Gasteiger partial charge in [0, 0.05) is 16.9 Å². The molecule has 6 heteroatoms. The van der Waals surface area contributed by atoms with Gasteiger partial charge in [0.1, 0.15) is 0 Å². The highest BCUT2D eigenvalue weighted by Gasteiger charge is 2.09. The zero-order valence-electron chi connectivity index (χ0n) is 9.35. The Morgan fingerprint density at radius 1 is 1.50 bits per heavy atom. The van der Waals surface area contributed by atoms with Crippen LogP contribution < -0.4 is 0 Å². The molecule has 3 aromatic rings. The lowest BCUT2D eigenvalue weighted by Gasteiger charge is -1.93. The molecule has 3 rings (SSSR count). The van der Waals surface area contributed by atoms with Crippen molar-refractivity contribution < 1.29 is 9.90 Å². The maximum Gasteiger partial charge on any atom is 0.303 e. The van der Waals surface area contributed by atoms with E-state index >= 15 is 0 Å². The van der Waals surface area contributed by atoms with Gasteiger partial charge in [0.25, 0.3) is 0 Å². The van der Waals surface area contributed by atoms with Crippen LogP contribution in [0.3, 0.4) is 0 Å². The summed E-state index contributed by atoms with van der Waals surface area (Å²) < 4.78 is 1.89. The maximum absolute atomic E-state index is 10.5. The molecule has 18 heavy (non-hydrogen) atoms. The van der Waals surface area contributed by atoms with Crippen molar-refractivity contribution in [2.45, 2.75) is 12.8 Å². The van der Waals surface area contributed by atoms with Crippen molar-refractivity contribution in [3.05, 3.63) is 35.1 Å². The smallest absolute Gasteiger partial charge is 0.303 e. The third-order valence-electron chi connectivity index (χ3n) is 2.82. The summed E-state index contributed by atoms with van der Waals surface area (Å²) in [5, 5.41) is 9.31. The van der Waals surface area contributed by atoms with Crippen LogP contribution in [0.1, 0.15) is 12.1 Å².